The highest BCUT2D eigenvalue weighted by Crippen LogP contribution is 2.16. The van der Waals surface area contributed by atoms with Gasteiger partial charge in [-0.3, -0.25) is 9.59 Å². The second-order valence-electron chi connectivity index (χ2n) is 22.7. The Morgan fingerprint density at radius 1 is 0.400 bits per heavy atom. The van der Waals surface area contributed by atoms with E-state index in [1.54, 1.807) is 0 Å². The Hall–Kier alpha value is -2.60. The second kappa shape index (κ2) is 45.0. The van der Waals surface area contributed by atoms with Crippen LogP contribution in [0.15, 0.2) is 0 Å². The number of carbonyl (C=O) groups excluding carboxylic acids is 4. The number of rotatable bonds is 48. The van der Waals surface area contributed by atoms with Crippen LogP contribution in [0.25, 0.3) is 0 Å². The Labute approximate surface area is 431 Å². The van der Waals surface area contributed by atoms with Gasteiger partial charge in [0.15, 0.2) is 0 Å². The molecule has 12 nitrogen and oxygen atoms in total. The van der Waals surface area contributed by atoms with Gasteiger partial charge in [-0.2, -0.15) is 0 Å². The molecule has 1 saturated heterocycles. The van der Waals surface area contributed by atoms with E-state index in [4.69, 9.17) is 9.47 Å². The highest BCUT2D eigenvalue weighted by Gasteiger charge is 2.33. The quantitative estimate of drug-likeness (QED) is 0.0442. The van der Waals surface area contributed by atoms with E-state index in [1.165, 1.54) is 180 Å². The highest BCUT2D eigenvalue weighted by molar-refractivity contribution is 5.96. The van der Waals surface area contributed by atoms with Gasteiger partial charge in [-0.1, -0.05) is 209 Å². The number of amides is 4. The first-order valence-corrected chi connectivity index (χ1v) is 29.6. The molecule has 1 aliphatic rings. The molecule has 0 radical (unpaired) electrons. The molecule has 0 aromatic carbocycles. The van der Waals surface area contributed by atoms with Crippen LogP contribution in [0.2, 0.25) is 0 Å². The molecular weight excluding hydrogens is 877 g/mol. The van der Waals surface area contributed by atoms with E-state index in [0.29, 0.717) is 13.1 Å². The zero-order valence-electron chi connectivity index (χ0n) is 47.1. The van der Waals surface area contributed by atoms with Gasteiger partial charge in [0, 0.05) is 39.0 Å². The van der Waals surface area contributed by atoms with Crippen LogP contribution >= 0.6 is 0 Å². The van der Waals surface area contributed by atoms with Crippen LogP contribution in [0, 0.1) is 23.7 Å². The van der Waals surface area contributed by atoms with Crippen molar-refractivity contribution in [2.45, 2.75) is 260 Å². The lowest BCUT2D eigenvalue weighted by molar-refractivity contribution is -0.137. The van der Waals surface area contributed by atoms with Crippen LogP contribution in [0.3, 0.4) is 0 Å². The molecule has 1 fully saturated rings. The molecule has 0 aromatic rings. The number of nitrogens with zero attached hydrogens (tertiary/aromatic N) is 2. The lowest BCUT2D eigenvalue weighted by atomic mass is 10.0. The van der Waals surface area contributed by atoms with E-state index in [0.717, 1.165) is 62.9 Å². The Morgan fingerprint density at radius 3 is 0.900 bits per heavy atom. The van der Waals surface area contributed by atoms with Crippen LogP contribution < -0.4 is 21.3 Å². The van der Waals surface area contributed by atoms with E-state index in [2.05, 4.69) is 86.5 Å². The van der Waals surface area contributed by atoms with Gasteiger partial charge in [0.05, 0.1) is 13.2 Å². The first kappa shape index (κ1) is 65.4. The Kier molecular flexibility index (Phi) is 42.1. The van der Waals surface area contributed by atoms with Crippen LogP contribution in [0.4, 0.5) is 9.59 Å². The summed E-state index contributed by atoms with van der Waals surface area (Å²) in [6.45, 7) is 25.2. The highest BCUT2D eigenvalue weighted by atomic mass is 16.6. The van der Waals surface area contributed by atoms with Crippen molar-refractivity contribution >= 4 is 24.0 Å². The average molecular weight is 992 g/mol. The summed E-state index contributed by atoms with van der Waals surface area (Å²) >= 11 is 0. The van der Waals surface area contributed by atoms with Gasteiger partial charge in [-0.15, -0.1) is 0 Å². The molecule has 1 aliphatic heterocycles. The smallest absolute Gasteiger partial charge is 0.407 e. The normalized spacial score (nSPS) is 15.2. The fourth-order valence-electron chi connectivity index (χ4n) is 9.41. The van der Waals surface area contributed by atoms with Gasteiger partial charge >= 0.3 is 12.2 Å². The summed E-state index contributed by atoms with van der Waals surface area (Å²) in [7, 11) is 0. The molecule has 2 unspecified atom stereocenters. The average Bonchev–Trinajstić information content (AvgIpc) is 3.30. The molecule has 0 aromatic heterocycles. The molecule has 0 saturated carbocycles. The third-order valence-corrected chi connectivity index (χ3v) is 14.0. The van der Waals surface area contributed by atoms with Crippen molar-refractivity contribution in [3.8, 4) is 0 Å². The number of alkyl carbamates (subject to hydrolysis) is 2. The molecular formula is C58H114N6O6. The second-order valence-corrected chi connectivity index (χ2v) is 22.7. The summed E-state index contributed by atoms with van der Waals surface area (Å²) in [6.07, 6.45) is 35.4. The number of unbranched alkanes of at least 4 members (excludes halogenated alkanes) is 20. The minimum Gasteiger partial charge on any atom is -0.449 e. The Balaban J connectivity index is 2.38. The molecule has 1 heterocycles. The summed E-state index contributed by atoms with van der Waals surface area (Å²) in [6, 6.07) is -1.59. The fourth-order valence-corrected chi connectivity index (χ4v) is 9.41. The van der Waals surface area contributed by atoms with Crippen molar-refractivity contribution in [3.05, 3.63) is 0 Å². The zero-order valence-corrected chi connectivity index (χ0v) is 47.1. The summed E-state index contributed by atoms with van der Waals surface area (Å²) in [5, 5.41) is 11.3. The first-order valence-electron chi connectivity index (χ1n) is 29.6. The maximum Gasteiger partial charge on any atom is 0.407 e. The molecule has 412 valence electrons. The van der Waals surface area contributed by atoms with Crippen molar-refractivity contribution in [2.75, 3.05) is 65.6 Å². The number of nitrogens with one attached hydrogen (secondary N) is 4. The third kappa shape index (κ3) is 40.9. The van der Waals surface area contributed by atoms with Gasteiger partial charge in [-0.05, 0) is 75.5 Å². The predicted octanol–water partition coefficient (Wildman–Crippen LogP) is 13.4. The lowest BCUT2D eigenvalue weighted by Crippen LogP contribution is -2.62. The van der Waals surface area contributed by atoms with E-state index < -0.39 is 24.3 Å². The number of hydrogen-bond acceptors (Lipinski definition) is 8. The zero-order chi connectivity index (χ0) is 51.5. The van der Waals surface area contributed by atoms with Crippen LogP contribution in [-0.2, 0) is 19.1 Å². The van der Waals surface area contributed by atoms with Crippen LogP contribution in [-0.4, -0.2) is 111 Å². The predicted molar refractivity (Wildman–Crippen MR) is 293 cm³/mol. The summed E-state index contributed by atoms with van der Waals surface area (Å²) in [5.74, 6) is 2.49. The van der Waals surface area contributed by atoms with E-state index in [9.17, 15) is 19.2 Å². The largest absolute Gasteiger partial charge is 0.449 e. The van der Waals surface area contributed by atoms with E-state index in [-0.39, 0.29) is 37.9 Å². The number of hydrogen-bond donors (Lipinski definition) is 4. The van der Waals surface area contributed by atoms with Crippen molar-refractivity contribution in [1.82, 2.24) is 31.1 Å². The monoisotopic (exact) mass is 991 g/mol. The maximum atomic E-state index is 12.9. The number of piperazine rings is 1. The summed E-state index contributed by atoms with van der Waals surface area (Å²) in [4.78, 5) is 56.0. The molecule has 0 bridgehead atoms. The first-order chi connectivity index (χ1) is 33.8. The molecule has 4 N–H and O–H groups in total. The van der Waals surface area contributed by atoms with Gasteiger partial charge in [-0.25, -0.2) is 9.59 Å². The summed E-state index contributed by atoms with van der Waals surface area (Å²) in [5.41, 5.74) is 0. The third-order valence-electron chi connectivity index (χ3n) is 14.0. The fraction of sp³-hybridized carbons (Fsp3) is 0.931. The van der Waals surface area contributed by atoms with Gasteiger partial charge < -0.3 is 40.5 Å². The van der Waals surface area contributed by atoms with E-state index >= 15 is 0 Å². The SMILES string of the molecule is CC(C)CCCCCCCCN(CCCCCCCCC(C)C)CCNC(=O)OCCC1NC(=O)C(CCOC(=O)NCCN(CCCCCCCCC(C)C)CCCCCCCCC(C)C)NC1=O. The minimum atomic E-state index is -0.797. The van der Waals surface area contributed by atoms with Crippen molar-refractivity contribution in [2.24, 2.45) is 23.7 Å². The van der Waals surface area contributed by atoms with Gasteiger partial charge in [0.2, 0.25) is 11.8 Å². The Morgan fingerprint density at radius 2 is 0.643 bits per heavy atom. The maximum absolute atomic E-state index is 12.9. The van der Waals surface area contributed by atoms with Crippen molar-refractivity contribution in [3.63, 3.8) is 0 Å². The standard InChI is InChI=1S/C58H114N6O6/c1-49(2)33-25-17-9-13-21-29-41-63(42-30-22-14-10-18-26-34-50(3)4)45-39-59-57(67)69-47-37-53-55(65)62-54(56(66)61-53)38-48-70-58(68)60-40-46-64(43-31-23-15-11-19-27-35-51(5)6)44-32-24-16-12-20-28-36-52(7)8/h49-54H,9-48H2,1-8H3,(H,59,67)(H,60,68)(H,61,66)(H,62,65). The van der Waals surface area contributed by atoms with Gasteiger partial charge in [0.25, 0.3) is 0 Å². The number of carbonyl (C=O) groups is 4. The van der Waals surface area contributed by atoms with Crippen LogP contribution in [0.1, 0.15) is 248 Å². The van der Waals surface area contributed by atoms with E-state index in [1.807, 2.05) is 0 Å². The van der Waals surface area contributed by atoms with Crippen LogP contribution in [0.5, 0.6) is 0 Å². The lowest BCUT2D eigenvalue weighted by Gasteiger charge is -2.29. The molecule has 4 amide bonds. The van der Waals surface area contributed by atoms with Crippen molar-refractivity contribution < 1.29 is 28.7 Å². The molecule has 2 atom stereocenters. The molecule has 0 aliphatic carbocycles. The van der Waals surface area contributed by atoms with Gasteiger partial charge in [0.1, 0.15) is 12.1 Å². The molecule has 12 heteroatoms. The molecule has 70 heavy (non-hydrogen) atoms. The topological polar surface area (TPSA) is 141 Å². The van der Waals surface area contributed by atoms with Crippen molar-refractivity contribution in [1.29, 1.82) is 0 Å². The Bertz CT molecular complexity index is 1120. The molecule has 1 rings (SSSR count). The summed E-state index contributed by atoms with van der Waals surface area (Å²) < 4.78 is 10.8. The minimum absolute atomic E-state index is 0.00473. The number of ether oxygens (including phenoxy) is 2. The molecule has 0 spiro atoms.